The van der Waals surface area contributed by atoms with Gasteiger partial charge in [-0.1, -0.05) is 153 Å². The third-order valence-electron chi connectivity index (χ3n) is 14.6. The number of nitrogens with zero attached hydrogens (tertiary/aromatic N) is 6. The summed E-state index contributed by atoms with van der Waals surface area (Å²) >= 11 is 0. The summed E-state index contributed by atoms with van der Waals surface area (Å²) in [5.41, 5.74) is 4.78. The van der Waals surface area contributed by atoms with Gasteiger partial charge < -0.3 is 34.0 Å². The van der Waals surface area contributed by atoms with Crippen LogP contribution in [-0.2, 0) is 4.74 Å². The Labute approximate surface area is 443 Å². The van der Waals surface area contributed by atoms with Crippen LogP contribution in [0.1, 0.15) is 129 Å². The molecule has 75 heavy (non-hydrogen) atoms. The quantitative estimate of drug-likeness (QED) is 0.0843. The van der Waals surface area contributed by atoms with Crippen LogP contribution in [0.3, 0.4) is 0 Å². The summed E-state index contributed by atoms with van der Waals surface area (Å²) in [6.45, 7) is 36.6. The molecule has 5 heterocycles. The Kier molecular flexibility index (Phi) is 14.8. The maximum atomic E-state index is 12.0. The van der Waals surface area contributed by atoms with E-state index < -0.39 is 5.60 Å². The van der Waals surface area contributed by atoms with Gasteiger partial charge in [-0.05, 0) is 84.6 Å². The third kappa shape index (κ3) is 10.4. The van der Waals surface area contributed by atoms with Gasteiger partial charge in [-0.2, -0.15) is 0 Å². The van der Waals surface area contributed by atoms with Gasteiger partial charge in [-0.25, -0.2) is 29.9 Å². The first-order valence-electron chi connectivity index (χ1n) is 27.3. The average molecular weight is 1020 g/mol. The zero-order chi connectivity index (χ0) is 53.9. The summed E-state index contributed by atoms with van der Waals surface area (Å²) in [5, 5.41) is 13.5. The van der Waals surface area contributed by atoms with Gasteiger partial charge in [0.2, 0.25) is 0 Å². The molecule has 2 aliphatic heterocycles. The number of rotatable bonds is 16. The highest BCUT2D eigenvalue weighted by atomic mass is 16.5. The van der Waals surface area contributed by atoms with E-state index in [2.05, 4.69) is 121 Å². The number of ether oxygens (including phenoxy) is 4. The lowest BCUT2D eigenvalue weighted by Crippen LogP contribution is -2.29. The first kappa shape index (κ1) is 53.2. The number of benzene rings is 3. The summed E-state index contributed by atoms with van der Waals surface area (Å²) in [7, 11) is 0. The van der Waals surface area contributed by atoms with Gasteiger partial charge in [0.15, 0.2) is 23.3 Å². The first-order valence-corrected chi connectivity index (χ1v) is 27.3. The van der Waals surface area contributed by atoms with Crippen molar-refractivity contribution in [2.45, 2.75) is 148 Å². The number of hydrogen-bond donors (Lipinski definition) is 3. The minimum atomic E-state index is -1.39. The summed E-state index contributed by atoms with van der Waals surface area (Å²) < 4.78 is 28.1. The molecule has 3 aromatic carbocycles. The van der Waals surface area contributed by atoms with Crippen LogP contribution < -0.4 is 14.2 Å². The lowest BCUT2D eigenvalue weighted by Gasteiger charge is -2.28. The molecule has 1 atom stereocenters. The molecule has 9 rings (SSSR count). The minimum Gasteiger partial charge on any atom is -0.489 e. The fourth-order valence-corrected chi connectivity index (χ4v) is 11.3. The number of aliphatic hydroxyl groups is 1. The monoisotopic (exact) mass is 1010 g/mol. The highest BCUT2D eigenvalue weighted by Gasteiger charge is 2.34. The van der Waals surface area contributed by atoms with Crippen LogP contribution in [-0.4, -0.2) is 75.0 Å². The lowest BCUT2D eigenvalue weighted by atomic mass is 9.96. The molecule has 8 bridgehead atoms. The smallest absolute Gasteiger partial charge is 0.168 e. The Morgan fingerprint density at radius 1 is 0.427 bits per heavy atom. The fraction of sp³-hybridized carbons (Fsp3) is 0.484. The van der Waals surface area contributed by atoms with E-state index >= 15 is 0 Å². The molecule has 396 valence electrons. The van der Waals surface area contributed by atoms with Crippen LogP contribution in [0.2, 0.25) is 0 Å². The van der Waals surface area contributed by atoms with Crippen molar-refractivity contribution in [1.82, 2.24) is 39.9 Å². The number of H-pyrrole nitrogens is 2. The predicted octanol–water partition coefficient (Wildman–Crippen LogP) is 14.7. The fourth-order valence-electron chi connectivity index (χ4n) is 11.3. The molecule has 3 aromatic heterocycles. The third-order valence-corrected chi connectivity index (χ3v) is 14.6. The van der Waals surface area contributed by atoms with Crippen LogP contribution in [0, 0.1) is 47.3 Å². The highest BCUT2D eigenvalue weighted by molar-refractivity contribution is 6.08. The molecule has 0 fully saturated rings. The summed E-state index contributed by atoms with van der Waals surface area (Å²) in [5.74, 6) is 5.77. The van der Waals surface area contributed by atoms with Crippen molar-refractivity contribution in [3.63, 3.8) is 0 Å². The summed E-state index contributed by atoms with van der Waals surface area (Å²) in [4.78, 5) is 39.8. The topological polar surface area (TPSA) is 166 Å². The Morgan fingerprint density at radius 2 is 0.827 bits per heavy atom. The van der Waals surface area contributed by atoms with Crippen molar-refractivity contribution in [2.24, 2.45) is 47.3 Å². The Bertz CT molecular complexity index is 3310. The van der Waals surface area contributed by atoms with Gasteiger partial charge >= 0.3 is 0 Å². The van der Waals surface area contributed by atoms with Gasteiger partial charge in [0.25, 0.3) is 0 Å². The largest absolute Gasteiger partial charge is 0.489 e. The lowest BCUT2D eigenvalue weighted by molar-refractivity contribution is 0.0738. The standard InChI is InChI=1S/C62H78N8O5/c1-30(2)50(31(3)4)72-42-24-18-21-38-46(42)58-63-54(38)64-59-47-40(23-20-25-43(47)73-51(32(5)6)33(7)8)56(67-59)68-61-49-41(27-28-62(17,71)29-45(49)75-53(36(13)14)37(15)16)57(70-61)69-60-48-39(55(65-58)66-60)22-19-26-44(48)74-52(34(9)10)35(11)12/h18-37,50-53,71H,1-17H3,(H2,63,64,65,66,67,68,69,70). The number of aromatic nitrogens is 8. The minimum absolute atomic E-state index is 0.0848. The Morgan fingerprint density at radius 3 is 1.32 bits per heavy atom. The number of aromatic amines is 2. The van der Waals surface area contributed by atoms with Crippen LogP contribution >= 0.6 is 0 Å². The molecule has 0 saturated heterocycles. The van der Waals surface area contributed by atoms with Crippen LogP contribution in [0.4, 0.5) is 0 Å². The van der Waals surface area contributed by atoms with E-state index in [0.29, 0.717) is 85.6 Å². The predicted molar refractivity (Wildman–Crippen MR) is 303 cm³/mol. The van der Waals surface area contributed by atoms with Crippen molar-refractivity contribution in [1.29, 1.82) is 0 Å². The van der Waals surface area contributed by atoms with E-state index in [-0.39, 0.29) is 71.8 Å². The van der Waals surface area contributed by atoms with Crippen molar-refractivity contribution >= 4 is 45.2 Å². The molecule has 0 saturated carbocycles. The van der Waals surface area contributed by atoms with Gasteiger partial charge in [0.1, 0.15) is 75.6 Å². The van der Waals surface area contributed by atoms with E-state index in [1.54, 1.807) is 19.1 Å². The molecule has 1 unspecified atom stereocenters. The molecule has 0 radical (unpaired) electrons. The number of fused-ring (bicyclic) bond motifs is 20. The van der Waals surface area contributed by atoms with Gasteiger partial charge in [-0.15, -0.1) is 0 Å². The van der Waals surface area contributed by atoms with E-state index in [4.69, 9.17) is 48.9 Å². The molecular formula is C62H78N8O5. The molecule has 0 amide bonds. The van der Waals surface area contributed by atoms with Gasteiger partial charge in [0, 0.05) is 22.1 Å². The second-order valence-electron chi connectivity index (χ2n) is 23.8. The molecular weight excluding hydrogens is 937 g/mol. The van der Waals surface area contributed by atoms with E-state index in [0.717, 1.165) is 27.5 Å². The van der Waals surface area contributed by atoms with Crippen LogP contribution in [0.5, 0.6) is 17.2 Å². The molecule has 6 aromatic rings. The molecule has 0 spiro atoms. The highest BCUT2D eigenvalue weighted by Crippen LogP contribution is 2.46. The maximum absolute atomic E-state index is 12.0. The van der Waals surface area contributed by atoms with E-state index in [1.165, 1.54) is 0 Å². The van der Waals surface area contributed by atoms with Crippen molar-refractivity contribution < 1.29 is 24.1 Å². The molecule has 3 aliphatic rings. The molecule has 1 aliphatic carbocycles. The number of nitrogens with one attached hydrogen (secondary N) is 2. The van der Waals surface area contributed by atoms with E-state index in [9.17, 15) is 5.11 Å². The summed E-state index contributed by atoms with van der Waals surface area (Å²) in [6.07, 6.45) is 4.93. The van der Waals surface area contributed by atoms with Gasteiger partial charge in [0.05, 0.1) is 22.1 Å². The normalized spacial score (nSPS) is 15.5. The zero-order valence-electron chi connectivity index (χ0n) is 47.1. The Balaban J connectivity index is 1.46. The Hall–Kier alpha value is -6.60. The second kappa shape index (κ2) is 20.8. The van der Waals surface area contributed by atoms with Crippen LogP contribution in [0.15, 0.2) is 66.7 Å². The maximum Gasteiger partial charge on any atom is 0.168 e. The zero-order valence-corrected chi connectivity index (χ0v) is 47.1. The number of hydrogen-bond acceptors (Lipinski definition) is 11. The van der Waals surface area contributed by atoms with Crippen molar-refractivity contribution in [3.05, 3.63) is 77.9 Å². The second-order valence-corrected chi connectivity index (χ2v) is 23.8. The van der Waals surface area contributed by atoms with Crippen molar-refractivity contribution in [3.8, 4) is 62.8 Å². The van der Waals surface area contributed by atoms with Crippen molar-refractivity contribution in [2.75, 3.05) is 0 Å². The SMILES string of the molecule is CC(C)C(OC1=CC(C)(O)C=Cc2c1c1nc3nc(nc4[nH]c(nc5nc(nc2[nH]1)-c1c(OC(C(C)C)C(C)C)cccc1-5)c1c(OC(C(C)C)C(C)C)cccc41)-c1c(OC(C(C)C)C(C)C)cccc1-3)C(C)C. The van der Waals surface area contributed by atoms with Gasteiger partial charge in [-0.3, -0.25) is 0 Å². The van der Waals surface area contributed by atoms with E-state index in [1.807, 2.05) is 60.7 Å². The summed E-state index contributed by atoms with van der Waals surface area (Å²) in [6, 6.07) is 18.0. The molecule has 13 heteroatoms. The average Bonchev–Trinajstić information content (AvgIpc) is 4.07. The van der Waals surface area contributed by atoms with Crippen LogP contribution in [0.25, 0.3) is 90.7 Å². The molecule has 3 N–H and O–H groups in total. The first-order chi connectivity index (χ1) is 35.5. The molecule has 13 nitrogen and oxygen atoms in total.